The van der Waals surface area contributed by atoms with Crippen molar-refractivity contribution in [2.24, 2.45) is 0 Å². The Labute approximate surface area is 108 Å². The summed E-state index contributed by atoms with van der Waals surface area (Å²) in [6, 6.07) is 0. The molecule has 1 aromatic heterocycles. The third kappa shape index (κ3) is 3.58. The summed E-state index contributed by atoms with van der Waals surface area (Å²) >= 11 is 0. The normalized spacial score (nSPS) is 17.6. The second-order valence-corrected chi connectivity index (χ2v) is 5.01. The average molecular weight is 253 g/mol. The lowest BCUT2D eigenvalue weighted by Gasteiger charge is -2.34. The summed E-state index contributed by atoms with van der Waals surface area (Å²) in [5.41, 5.74) is 5.54. The van der Waals surface area contributed by atoms with Crippen LogP contribution in [-0.2, 0) is 0 Å². The quantitative estimate of drug-likeness (QED) is 0.734. The molecule has 0 aromatic carbocycles. The van der Waals surface area contributed by atoms with Gasteiger partial charge in [-0.25, -0.2) is 5.10 Å². The minimum absolute atomic E-state index is 0.387. The molecule has 7 nitrogen and oxygen atoms in total. The van der Waals surface area contributed by atoms with E-state index in [-0.39, 0.29) is 0 Å². The van der Waals surface area contributed by atoms with Crippen molar-refractivity contribution in [1.29, 1.82) is 0 Å². The van der Waals surface area contributed by atoms with Gasteiger partial charge in [0.25, 0.3) is 0 Å². The fraction of sp³-hybridized carbons (Fsp3) is 0.818. The molecule has 18 heavy (non-hydrogen) atoms. The highest BCUT2D eigenvalue weighted by molar-refractivity contribution is 5.34. The zero-order valence-electron chi connectivity index (χ0n) is 11.3. The van der Waals surface area contributed by atoms with Crippen LogP contribution in [0.3, 0.4) is 0 Å². The van der Waals surface area contributed by atoms with Crippen molar-refractivity contribution in [3.63, 3.8) is 0 Å². The van der Waals surface area contributed by atoms with Crippen molar-refractivity contribution in [2.75, 3.05) is 64.0 Å². The maximum absolute atomic E-state index is 5.54. The zero-order chi connectivity index (χ0) is 13.0. The zero-order valence-corrected chi connectivity index (χ0v) is 11.3. The highest BCUT2D eigenvalue weighted by Crippen LogP contribution is 2.11. The molecule has 0 atom stereocenters. The van der Waals surface area contributed by atoms with E-state index in [9.17, 15) is 0 Å². The summed E-state index contributed by atoms with van der Waals surface area (Å²) in [5, 5.41) is 6.77. The van der Waals surface area contributed by atoms with Crippen molar-refractivity contribution >= 4 is 11.9 Å². The van der Waals surface area contributed by atoms with E-state index in [0.29, 0.717) is 5.95 Å². The average Bonchev–Trinajstić information content (AvgIpc) is 2.76. The summed E-state index contributed by atoms with van der Waals surface area (Å²) in [4.78, 5) is 11.1. The van der Waals surface area contributed by atoms with Gasteiger partial charge in [-0.15, -0.1) is 5.10 Å². The standard InChI is InChI=1S/C11H23N7/c1-16(2)4-3-5-17-6-8-18(9-7-17)11-13-10(12)14-15-11/h3-9H2,1-2H3,(H3,12,13,14,15). The number of rotatable bonds is 5. The molecule has 1 fully saturated rings. The number of nitrogens with one attached hydrogen (secondary N) is 1. The molecular weight excluding hydrogens is 230 g/mol. The number of aromatic amines is 1. The Kier molecular flexibility index (Phi) is 4.38. The Morgan fingerprint density at radius 3 is 2.56 bits per heavy atom. The monoisotopic (exact) mass is 253 g/mol. The van der Waals surface area contributed by atoms with Crippen LogP contribution < -0.4 is 10.6 Å². The maximum atomic E-state index is 5.54. The smallest absolute Gasteiger partial charge is 0.246 e. The Hall–Kier alpha value is -1.34. The van der Waals surface area contributed by atoms with Crippen LogP contribution in [0.1, 0.15) is 6.42 Å². The largest absolute Gasteiger partial charge is 0.368 e. The first-order valence-electron chi connectivity index (χ1n) is 6.45. The molecule has 1 aromatic rings. The number of H-pyrrole nitrogens is 1. The molecular formula is C11H23N7. The lowest BCUT2D eigenvalue weighted by atomic mass is 10.3. The van der Waals surface area contributed by atoms with E-state index in [1.165, 1.54) is 13.0 Å². The number of nitrogens with zero attached hydrogens (tertiary/aromatic N) is 5. The lowest BCUT2D eigenvalue weighted by Crippen LogP contribution is -2.47. The van der Waals surface area contributed by atoms with Gasteiger partial charge in [0.2, 0.25) is 11.9 Å². The topological polar surface area (TPSA) is 77.3 Å². The van der Waals surface area contributed by atoms with Gasteiger partial charge in [-0.3, -0.25) is 4.90 Å². The van der Waals surface area contributed by atoms with Crippen LogP contribution in [0, 0.1) is 0 Å². The molecule has 0 aliphatic carbocycles. The van der Waals surface area contributed by atoms with Gasteiger partial charge in [-0.05, 0) is 33.6 Å². The summed E-state index contributed by atoms with van der Waals surface area (Å²) in [6.07, 6.45) is 1.22. The highest BCUT2D eigenvalue weighted by atomic mass is 15.4. The van der Waals surface area contributed by atoms with Gasteiger partial charge in [0.15, 0.2) is 0 Å². The number of aromatic nitrogens is 3. The number of hydrogen-bond donors (Lipinski definition) is 2. The third-order valence-corrected chi connectivity index (χ3v) is 3.23. The van der Waals surface area contributed by atoms with Crippen LogP contribution in [0.4, 0.5) is 11.9 Å². The lowest BCUT2D eigenvalue weighted by molar-refractivity contribution is 0.241. The van der Waals surface area contributed by atoms with Gasteiger partial charge in [-0.1, -0.05) is 0 Å². The first kappa shape index (κ1) is 13.1. The Morgan fingerprint density at radius 1 is 1.28 bits per heavy atom. The molecule has 2 rings (SSSR count). The molecule has 0 unspecified atom stereocenters. The van der Waals surface area contributed by atoms with Gasteiger partial charge in [0, 0.05) is 26.2 Å². The SMILES string of the molecule is CN(C)CCCN1CCN(c2n[nH]c(N)n2)CC1. The van der Waals surface area contributed by atoms with Crippen LogP contribution >= 0.6 is 0 Å². The second-order valence-electron chi connectivity index (χ2n) is 5.01. The van der Waals surface area contributed by atoms with Gasteiger partial charge < -0.3 is 15.5 Å². The van der Waals surface area contributed by atoms with Gasteiger partial charge in [0.1, 0.15) is 0 Å². The Morgan fingerprint density at radius 2 is 2.00 bits per heavy atom. The molecule has 102 valence electrons. The molecule has 0 spiro atoms. The van der Waals surface area contributed by atoms with E-state index in [1.807, 2.05) is 0 Å². The Balaban J connectivity index is 1.71. The minimum atomic E-state index is 0.387. The van der Waals surface area contributed by atoms with Crippen LogP contribution in [0.2, 0.25) is 0 Å². The molecule has 3 N–H and O–H groups in total. The number of nitrogens with two attached hydrogens (primary N) is 1. The first-order valence-corrected chi connectivity index (χ1v) is 6.45. The van der Waals surface area contributed by atoms with Gasteiger partial charge in [0.05, 0.1) is 0 Å². The van der Waals surface area contributed by atoms with Crippen molar-refractivity contribution in [2.45, 2.75) is 6.42 Å². The van der Waals surface area contributed by atoms with Crippen molar-refractivity contribution in [1.82, 2.24) is 25.0 Å². The predicted molar refractivity (Wildman–Crippen MR) is 72.6 cm³/mol. The van der Waals surface area contributed by atoms with Crippen LogP contribution in [-0.4, -0.2) is 78.3 Å². The minimum Gasteiger partial charge on any atom is -0.368 e. The molecule has 7 heteroatoms. The van der Waals surface area contributed by atoms with E-state index in [4.69, 9.17) is 5.73 Å². The number of anilines is 2. The number of piperazine rings is 1. The molecule has 0 amide bonds. The second kappa shape index (κ2) is 6.01. The highest BCUT2D eigenvalue weighted by Gasteiger charge is 2.19. The first-order chi connectivity index (χ1) is 8.65. The molecule has 0 saturated carbocycles. The Bertz CT molecular complexity index is 354. The predicted octanol–water partition coefficient (Wildman–Crippen LogP) is -0.539. The molecule has 1 aliphatic rings. The van der Waals surface area contributed by atoms with E-state index < -0.39 is 0 Å². The molecule has 2 heterocycles. The van der Waals surface area contributed by atoms with Crippen LogP contribution in [0.15, 0.2) is 0 Å². The van der Waals surface area contributed by atoms with Crippen molar-refractivity contribution in [3.8, 4) is 0 Å². The van der Waals surface area contributed by atoms with Crippen molar-refractivity contribution < 1.29 is 0 Å². The molecule has 0 radical (unpaired) electrons. The number of nitrogen functional groups attached to an aromatic ring is 1. The summed E-state index contributed by atoms with van der Waals surface area (Å²) in [5.74, 6) is 1.11. The number of hydrogen-bond acceptors (Lipinski definition) is 6. The van der Waals surface area contributed by atoms with E-state index in [1.54, 1.807) is 0 Å². The third-order valence-electron chi connectivity index (χ3n) is 3.23. The van der Waals surface area contributed by atoms with Crippen molar-refractivity contribution in [3.05, 3.63) is 0 Å². The summed E-state index contributed by atoms with van der Waals surface area (Å²) in [6.45, 7) is 6.40. The van der Waals surface area contributed by atoms with E-state index >= 15 is 0 Å². The summed E-state index contributed by atoms with van der Waals surface area (Å²) < 4.78 is 0. The van der Waals surface area contributed by atoms with Gasteiger partial charge in [-0.2, -0.15) is 4.98 Å². The summed E-state index contributed by atoms with van der Waals surface area (Å²) in [7, 11) is 4.23. The van der Waals surface area contributed by atoms with E-state index in [0.717, 1.165) is 38.7 Å². The van der Waals surface area contributed by atoms with E-state index in [2.05, 4.69) is 44.0 Å². The maximum Gasteiger partial charge on any atom is 0.246 e. The van der Waals surface area contributed by atoms with Crippen LogP contribution in [0.5, 0.6) is 0 Å². The molecule has 1 aliphatic heterocycles. The fourth-order valence-electron chi connectivity index (χ4n) is 2.19. The fourth-order valence-corrected chi connectivity index (χ4v) is 2.19. The van der Waals surface area contributed by atoms with Gasteiger partial charge >= 0.3 is 0 Å². The van der Waals surface area contributed by atoms with Crippen LogP contribution in [0.25, 0.3) is 0 Å². The molecule has 0 bridgehead atoms. The molecule has 1 saturated heterocycles.